The zero-order valence-electron chi connectivity index (χ0n) is 13.2. The Labute approximate surface area is 135 Å². The molecule has 0 spiro atoms. The molecule has 1 aliphatic rings. The number of aryl methyl sites for hydroxylation is 1. The van der Waals surface area contributed by atoms with Gasteiger partial charge < -0.3 is 9.84 Å². The Bertz CT molecular complexity index is 762. The molecule has 2 heterocycles. The summed E-state index contributed by atoms with van der Waals surface area (Å²) in [7, 11) is -3.10. The van der Waals surface area contributed by atoms with Crippen LogP contribution in [-0.4, -0.2) is 48.3 Å². The molecule has 7 nitrogen and oxygen atoms in total. The lowest BCUT2D eigenvalue weighted by Crippen LogP contribution is -2.41. The minimum Gasteiger partial charge on any atom is -0.335 e. The molecule has 2 aromatic rings. The Morgan fingerprint density at radius 2 is 1.87 bits per heavy atom. The van der Waals surface area contributed by atoms with Crippen LogP contribution in [0, 0.1) is 6.92 Å². The van der Waals surface area contributed by atoms with Crippen molar-refractivity contribution in [1.82, 2.24) is 14.4 Å². The second-order valence-electron chi connectivity index (χ2n) is 5.87. The number of aromatic nitrogens is 2. The van der Waals surface area contributed by atoms with Crippen LogP contribution < -0.4 is 5.32 Å². The molecule has 1 N–H and O–H groups in total. The van der Waals surface area contributed by atoms with Crippen LogP contribution in [0.1, 0.15) is 18.4 Å². The van der Waals surface area contributed by atoms with Crippen LogP contribution in [0.25, 0.3) is 11.4 Å². The third-order valence-electron chi connectivity index (χ3n) is 3.99. The average Bonchev–Trinajstić information content (AvgIpc) is 2.96. The zero-order chi connectivity index (χ0) is 16.4. The van der Waals surface area contributed by atoms with Gasteiger partial charge in [-0.05, 0) is 19.8 Å². The predicted octanol–water partition coefficient (Wildman–Crippen LogP) is 1.88. The first-order chi connectivity index (χ1) is 10.9. The highest BCUT2D eigenvalue weighted by Crippen LogP contribution is 2.21. The van der Waals surface area contributed by atoms with Gasteiger partial charge in [-0.2, -0.15) is 4.98 Å². The molecule has 23 heavy (non-hydrogen) atoms. The lowest BCUT2D eigenvalue weighted by atomic mass is 10.1. The molecule has 124 valence electrons. The molecule has 0 radical (unpaired) electrons. The molecule has 1 aliphatic heterocycles. The van der Waals surface area contributed by atoms with Gasteiger partial charge >= 0.3 is 6.01 Å². The fraction of sp³-hybridized carbons (Fsp3) is 0.467. The SMILES string of the molecule is Cc1ccc(-c2noc(NC3CCN(S(C)(=O)=O)CC3)n2)cc1. The van der Waals surface area contributed by atoms with Crippen molar-refractivity contribution in [3.05, 3.63) is 29.8 Å². The third-order valence-corrected chi connectivity index (χ3v) is 5.29. The van der Waals surface area contributed by atoms with Crippen LogP contribution in [0.15, 0.2) is 28.8 Å². The van der Waals surface area contributed by atoms with Crippen LogP contribution in [0.2, 0.25) is 0 Å². The Balaban J connectivity index is 1.61. The number of nitrogens with zero attached hydrogens (tertiary/aromatic N) is 3. The quantitative estimate of drug-likeness (QED) is 0.917. The minimum absolute atomic E-state index is 0.138. The van der Waals surface area contributed by atoms with E-state index in [9.17, 15) is 8.42 Å². The molecular weight excluding hydrogens is 316 g/mol. The van der Waals surface area contributed by atoms with E-state index in [4.69, 9.17) is 4.52 Å². The summed E-state index contributed by atoms with van der Waals surface area (Å²) in [6, 6.07) is 8.42. The minimum atomic E-state index is -3.10. The lowest BCUT2D eigenvalue weighted by molar-refractivity contribution is 0.326. The van der Waals surface area contributed by atoms with Gasteiger partial charge in [-0.15, -0.1) is 0 Å². The van der Waals surface area contributed by atoms with Crippen molar-refractivity contribution in [3.63, 3.8) is 0 Å². The molecule has 0 atom stereocenters. The van der Waals surface area contributed by atoms with Gasteiger partial charge in [0.15, 0.2) is 0 Å². The summed E-state index contributed by atoms with van der Waals surface area (Å²) >= 11 is 0. The number of piperidine rings is 1. The van der Waals surface area contributed by atoms with Crippen molar-refractivity contribution in [3.8, 4) is 11.4 Å². The molecule has 0 bridgehead atoms. The first kappa shape index (κ1) is 15.9. The Kier molecular flexibility index (Phi) is 4.36. The van der Waals surface area contributed by atoms with Crippen LogP contribution in [-0.2, 0) is 10.0 Å². The monoisotopic (exact) mass is 336 g/mol. The maximum absolute atomic E-state index is 11.5. The van der Waals surface area contributed by atoms with E-state index in [0.717, 1.165) is 18.4 Å². The lowest BCUT2D eigenvalue weighted by Gasteiger charge is -2.30. The summed E-state index contributed by atoms with van der Waals surface area (Å²) in [6.45, 7) is 3.04. The average molecular weight is 336 g/mol. The summed E-state index contributed by atoms with van der Waals surface area (Å²) < 4.78 is 29.7. The second kappa shape index (κ2) is 6.29. The molecule has 1 fully saturated rings. The van der Waals surface area contributed by atoms with Gasteiger partial charge in [0.25, 0.3) is 0 Å². The summed E-state index contributed by atoms with van der Waals surface area (Å²) in [5, 5.41) is 7.17. The normalized spacial score (nSPS) is 17.3. The van der Waals surface area contributed by atoms with E-state index in [2.05, 4.69) is 15.5 Å². The first-order valence-corrected chi connectivity index (χ1v) is 9.39. The van der Waals surface area contributed by atoms with Crippen LogP contribution in [0.3, 0.4) is 0 Å². The highest BCUT2D eigenvalue weighted by atomic mass is 32.2. The molecule has 1 aromatic carbocycles. The number of rotatable bonds is 4. The Hall–Kier alpha value is -1.93. The topological polar surface area (TPSA) is 88.3 Å². The van der Waals surface area contributed by atoms with Crippen molar-refractivity contribution in [2.75, 3.05) is 24.7 Å². The highest BCUT2D eigenvalue weighted by molar-refractivity contribution is 7.88. The van der Waals surface area contributed by atoms with Crippen molar-refractivity contribution >= 4 is 16.0 Å². The molecular formula is C15H20N4O3S. The van der Waals surface area contributed by atoms with Crippen molar-refractivity contribution < 1.29 is 12.9 Å². The van der Waals surface area contributed by atoms with Crippen molar-refractivity contribution in [2.45, 2.75) is 25.8 Å². The molecule has 8 heteroatoms. The van der Waals surface area contributed by atoms with Crippen LogP contribution in [0.5, 0.6) is 0 Å². The summed E-state index contributed by atoms with van der Waals surface area (Å²) in [4.78, 5) is 4.35. The molecule has 3 rings (SSSR count). The molecule has 0 saturated carbocycles. The summed E-state index contributed by atoms with van der Waals surface area (Å²) in [5.74, 6) is 0.543. The number of nitrogens with one attached hydrogen (secondary N) is 1. The van der Waals surface area contributed by atoms with Crippen molar-refractivity contribution in [1.29, 1.82) is 0 Å². The zero-order valence-corrected chi connectivity index (χ0v) is 14.0. The van der Waals surface area contributed by atoms with E-state index in [1.54, 1.807) is 0 Å². The molecule has 0 amide bonds. The largest absolute Gasteiger partial charge is 0.335 e. The molecule has 0 unspecified atom stereocenters. The first-order valence-electron chi connectivity index (χ1n) is 7.54. The standard InChI is InChI=1S/C15H20N4O3S/c1-11-3-5-12(6-4-11)14-17-15(22-18-14)16-13-7-9-19(10-8-13)23(2,20)21/h3-6,13H,7-10H2,1-2H3,(H,16,17,18). The van der Waals surface area contributed by atoms with Gasteiger partial charge in [0, 0.05) is 24.7 Å². The van der Waals surface area contributed by atoms with E-state index < -0.39 is 10.0 Å². The smallest absolute Gasteiger partial charge is 0.322 e. The van der Waals surface area contributed by atoms with Gasteiger partial charge in [-0.3, -0.25) is 0 Å². The number of sulfonamides is 1. The number of anilines is 1. The van der Waals surface area contributed by atoms with Gasteiger partial charge in [0.2, 0.25) is 15.8 Å². The Morgan fingerprint density at radius 1 is 1.22 bits per heavy atom. The van der Waals surface area contributed by atoms with E-state index in [1.165, 1.54) is 16.1 Å². The summed E-state index contributed by atoms with van der Waals surface area (Å²) in [5.41, 5.74) is 2.08. The van der Waals surface area contributed by atoms with E-state index in [1.807, 2.05) is 31.2 Å². The van der Waals surface area contributed by atoms with Gasteiger partial charge in [0.1, 0.15) is 0 Å². The fourth-order valence-electron chi connectivity index (χ4n) is 2.61. The molecule has 0 aliphatic carbocycles. The van der Waals surface area contributed by atoms with E-state index >= 15 is 0 Å². The van der Waals surface area contributed by atoms with Crippen LogP contribution >= 0.6 is 0 Å². The fourth-order valence-corrected chi connectivity index (χ4v) is 3.48. The number of hydrogen-bond donors (Lipinski definition) is 1. The number of benzene rings is 1. The highest BCUT2D eigenvalue weighted by Gasteiger charge is 2.25. The Morgan fingerprint density at radius 3 is 2.48 bits per heavy atom. The van der Waals surface area contributed by atoms with E-state index in [-0.39, 0.29) is 6.04 Å². The van der Waals surface area contributed by atoms with Gasteiger partial charge in [0.05, 0.1) is 6.26 Å². The van der Waals surface area contributed by atoms with Gasteiger partial charge in [-0.25, -0.2) is 12.7 Å². The predicted molar refractivity (Wildman–Crippen MR) is 87.5 cm³/mol. The molecule has 1 saturated heterocycles. The van der Waals surface area contributed by atoms with Crippen LogP contribution in [0.4, 0.5) is 6.01 Å². The maximum atomic E-state index is 11.5. The number of hydrogen-bond acceptors (Lipinski definition) is 6. The van der Waals surface area contributed by atoms with E-state index in [0.29, 0.717) is 24.9 Å². The van der Waals surface area contributed by atoms with Gasteiger partial charge in [-0.1, -0.05) is 35.0 Å². The second-order valence-corrected chi connectivity index (χ2v) is 7.85. The molecule has 1 aromatic heterocycles. The maximum Gasteiger partial charge on any atom is 0.322 e. The van der Waals surface area contributed by atoms with Crippen molar-refractivity contribution in [2.24, 2.45) is 0 Å². The summed E-state index contributed by atoms with van der Waals surface area (Å²) in [6.07, 6.45) is 2.68. The third kappa shape index (κ3) is 3.89.